The standard InChI is InChI=1S/C3H3N3OS/c7-3-5-6-4-1-2-8-6/h1-2,4H. The topological polar surface area (TPSA) is 44.7 Å². The van der Waals surface area contributed by atoms with Crippen molar-refractivity contribution in [3.8, 4) is 0 Å². The molecule has 42 valence electrons. The summed E-state index contributed by atoms with van der Waals surface area (Å²) in [5, 5.41) is 5.01. The monoisotopic (exact) mass is 129 g/mol. The van der Waals surface area contributed by atoms with Crippen LogP contribution in [-0.4, -0.2) is 10.6 Å². The van der Waals surface area contributed by atoms with E-state index in [1.807, 2.05) is 0 Å². The van der Waals surface area contributed by atoms with Crippen LogP contribution < -0.4 is 5.43 Å². The molecule has 0 fully saturated rings. The zero-order chi connectivity index (χ0) is 5.82. The Bertz CT molecular complexity index is 143. The Balaban J connectivity index is 2.40. The molecular formula is C3H3N3OS. The third-order valence-corrected chi connectivity index (χ3v) is 1.19. The minimum absolute atomic E-state index is 1.28. The van der Waals surface area contributed by atoms with Crippen LogP contribution in [-0.2, 0) is 4.79 Å². The van der Waals surface area contributed by atoms with Gasteiger partial charge in [-0.15, -0.1) is 4.52 Å². The Morgan fingerprint density at radius 2 is 2.75 bits per heavy atom. The summed E-state index contributed by atoms with van der Waals surface area (Å²) < 4.78 is 1.30. The van der Waals surface area contributed by atoms with E-state index in [2.05, 4.69) is 10.5 Å². The molecule has 0 saturated heterocycles. The predicted molar refractivity (Wildman–Crippen MR) is 29.8 cm³/mol. The van der Waals surface area contributed by atoms with E-state index < -0.39 is 0 Å². The maximum absolute atomic E-state index is 9.55. The summed E-state index contributed by atoms with van der Waals surface area (Å²) in [7, 11) is 0. The molecule has 0 radical (unpaired) electrons. The van der Waals surface area contributed by atoms with Gasteiger partial charge in [-0.05, 0) is 0 Å². The molecule has 1 N–H and O–H groups in total. The molecule has 0 spiro atoms. The molecule has 1 aliphatic heterocycles. The minimum Gasteiger partial charge on any atom is -0.278 e. The smallest absolute Gasteiger partial charge is 0.260 e. The molecule has 0 saturated carbocycles. The number of nitrogens with one attached hydrogen (secondary N) is 1. The average Bonchev–Trinajstić information content (AvgIpc) is 2.19. The van der Waals surface area contributed by atoms with Gasteiger partial charge in [0, 0.05) is 23.6 Å². The highest BCUT2D eigenvalue weighted by molar-refractivity contribution is 8.00. The van der Waals surface area contributed by atoms with Gasteiger partial charge in [-0.1, -0.05) is 5.10 Å². The molecule has 5 heteroatoms. The number of isocyanates is 1. The Labute approximate surface area is 50.3 Å². The van der Waals surface area contributed by atoms with Crippen molar-refractivity contribution in [1.82, 2.24) is 9.95 Å². The fraction of sp³-hybridized carbons (Fsp3) is 0. The second kappa shape index (κ2) is 2.40. The lowest BCUT2D eigenvalue weighted by atomic mass is 11.1. The highest BCUT2D eigenvalue weighted by Crippen LogP contribution is 2.12. The van der Waals surface area contributed by atoms with Crippen molar-refractivity contribution in [2.75, 3.05) is 0 Å². The normalized spacial score (nSPS) is 15.2. The molecular weight excluding hydrogens is 126 g/mol. The van der Waals surface area contributed by atoms with Crippen molar-refractivity contribution in [2.24, 2.45) is 5.10 Å². The maximum atomic E-state index is 9.55. The minimum atomic E-state index is 1.28. The van der Waals surface area contributed by atoms with Crippen molar-refractivity contribution in [3.63, 3.8) is 0 Å². The first-order chi connectivity index (χ1) is 3.93. The number of hydrazine groups is 1. The zero-order valence-electron chi connectivity index (χ0n) is 3.87. The highest BCUT2D eigenvalue weighted by atomic mass is 32.2. The molecule has 1 rings (SSSR count). The SMILES string of the molecule is O=C=NN1NC=CS1. The number of hydrazone groups is 1. The van der Waals surface area contributed by atoms with Gasteiger partial charge in [0.1, 0.15) is 0 Å². The van der Waals surface area contributed by atoms with Crippen molar-refractivity contribution < 1.29 is 4.79 Å². The lowest BCUT2D eigenvalue weighted by Gasteiger charge is -2.03. The van der Waals surface area contributed by atoms with Gasteiger partial charge in [-0.3, -0.25) is 5.43 Å². The summed E-state index contributed by atoms with van der Waals surface area (Å²) in [5.41, 5.74) is 2.64. The second-order valence-corrected chi connectivity index (χ2v) is 1.83. The van der Waals surface area contributed by atoms with E-state index >= 15 is 0 Å². The molecule has 0 atom stereocenters. The summed E-state index contributed by atoms with van der Waals surface area (Å²) in [6.07, 6.45) is 3.06. The fourth-order valence-corrected chi connectivity index (χ4v) is 0.741. The first kappa shape index (κ1) is 5.21. The molecule has 8 heavy (non-hydrogen) atoms. The molecule has 1 heterocycles. The number of rotatable bonds is 1. The van der Waals surface area contributed by atoms with E-state index in [0.29, 0.717) is 0 Å². The van der Waals surface area contributed by atoms with Gasteiger partial charge in [0.05, 0.1) is 0 Å². The van der Waals surface area contributed by atoms with E-state index in [-0.39, 0.29) is 0 Å². The molecule has 0 amide bonds. The molecule has 0 aromatic rings. The Morgan fingerprint density at radius 3 is 3.25 bits per heavy atom. The number of nitrogens with zero attached hydrogens (tertiary/aromatic N) is 2. The van der Waals surface area contributed by atoms with E-state index in [9.17, 15) is 4.79 Å². The van der Waals surface area contributed by atoms with Crippen LogP contribution in [0, 0.1) is 0 Å². The Hall–Kier alpha value is -0.930. The first-order valence-corrected chi connectivity index (χ1v) is 2.73. The maximum Gasteiger partial charge on any atom is 0.260 e. The van der Waals surface area contributed by atoms with Crippen LogP contribution in [0.2, 0.25) is 0 Å². The van der Waals surface area contributed by atoms with Gasteiger partial charge in [0.15, 0.2) is 0 Å². The summed E-state index contributed by atoms with van der Waals surface area (Å²) in [6, 6.07) is 0. The fourth-order valence-electron chi connectivity index (χ4n) is 0.302. The van der Waals surface area contributed by atoms with Crippen molar-refractivity contribution in [3.05, 3.63) is 11.6 Å². The third-order valence-electron chi connectivity index (χ3n) is 0.545. The summed E-state index contributed by atoms with van der Waals surface area (Å²) in [6.45, 7) is 0. The molecule has 0 unspecified atom stereocenters. The van der Waals surface area contributed by atoms with Gasteiger partial charge < -0.3 is 0 Å². The average molecular weight is 129 g/mol. The number of hydrogen-bond donors (Lipinski definition) is 1. The highest BCUT2D eigenvalue weighted by Gasteiger charge is 1.99. The molecule has 0 bridgehead atoms. The van der Waals surface area contributed by atoms with Gasteiger partial charge in [0.25, 0.3) is 6.08 Å². The molecule has 4 nitrogen and oxygen atoms in total. The molecule has 0 aromatic carbocycles. The Kier molecular flexibility index (Phi) is 1.56. The van der Waals surface area contributed by atoms with Crippen LogP contribution in [0.5, 0.6) is 0 Å². The van der Waals surface area contributed by atoms with Crippen LogP contribution in [0.15, 0.2) is 16.7 Å². The first-order valence-electron chi connectivity index (χ1n) is 1.89. The Morgan fingerprint density at radius 1 is 1.88 bits per heavy atom. The van der Waals surface area contributed by atoms with Crippen LogP contribution in [0.1, 0.15) is 0 Å². The third kappa shape index (κ3) is 1.02. The van der Waals surface area contributed by atoms with E-state index in [1.165, 1.54) is 22.6 Å². The second-order valence-electron chi connectivity index (χ2n) is 1.00. The van der Waals surface area contributed by atoms with E-state index in [0.717, 1.165) is 0 Å². The van der Waals surface area contributed by atoms with Crippen LogP contribution in [0.4, 0.5) is 0 Å². The summed E-state index contributed by atoms with van der Waals surface area (Å²) >= 11 is 1.28. The molecule has 0 aliphatic carbocycles. The quantitative estimate of drug-likeness (QED) is 0.311. The van der Waals surface area contributed by atoms with Crippen LogP contribution in [0.3, 0.4) is 0 Å². The van der Waals surface area contributed by atoms with Crippen molar-refractivity contribution in [1.29, 1.82) is 0 Å². The summed E-state index contributed by atoms with van der Waals surface area (Å²) in [4.78, 5) is 9.55. The van der Waals surface area contributed by atoms with Gasteiger partial charge in [0.2, 0.25) is 0 Å². The van der Waals surface area contributed by atoms with E-state index in [1.54, 1.807) is 11.6 Å². The lowest BCUT2D eigenvalue weighted by Crippen LogP contribution is -2.15. The van der Waals surface area contributed by atoms with Gasteiger partial charge in [-0.2, -0.15) is 0 Å². The van der Waals surface area contributed by atoms with Crippen molar-refractivity contribution >= 4 is 18.0 Å². The predicted octanol–water partition coefficient (Wildman–Crippen LogP) is 0.177. The number of carbonyl (C=O) groups excluding carboxylic acids is 1. The van der Waals surface area contributed by atoms with E-state index in [4.69, 9.17) is 0 Å². The molecule has 1 aliphatic rings. The largest absolute Gasteiger partial charge is 0.278 e. The summed E-state index contributed by atoms with van der Waals surface area (Å²) in [5.74, 6) is 0. The van der Waals surface area contributed by atoms with Gasteiger partial charge >= 0.3 is 0 Å². The molecule has 0 aromatic heterocycles. The van der Waals surface area contributed by atoms with Gasteiger partial charge in [-0.25, -0.2) is 4.79 Å². The zero-order valence-corrected chi connectivity index (χ0v) is 4.68. The lowest BCUT2D eigenvalue weighted by molar-refractivity contribution is 0.436. The van der Waals surface area contributed by atoms with Crippen LogP contribution >= 0.6 is 11.9 Å². The number of hydrogen-bond acceptors (Lipinski definition) is 5. The van der Waals surface area contributed by atoms with Crippen LogP contribution in [0.25, 0.3) is 0 Å². The van der Waals surface area contributed by atoms with Crippen molar-refractivity contribution in [2.45, 2.75) is 0 Å².